The molecule has 1 heterocycles. The molecule has 0 aliphatic carbocycles. The number of epoxide rings is 1. The molecular formula is C17H22O4. The molecule has 0 saturated carbocycles. The predicted octanol–water partition coefficient (Wildman–Crippen LogP) is 3.35. The predicted molar refractivity (Wildman–Crippen MR) is 81.2 cm³/mol. The number of rotatable bonds is 7. The van der Waals surface area contributed by atoms with E-state index in [0.29, 0.717) is 13.0 Å². The number of carboxylic acids is 1. The Balaban J connectivity index is 2.28. The second-order valence-corrected chi connectivity index (χ2v) is 5.38. The summed E-state index contributed by atoms with van der Waals surface area (Å²) in [5, 5.41) is 9.04. The highest BCUT2D eigenvalue weighted by atomic mass is 16.6. The zero-order valence-corrected chi connectivity index (χ0v) is 12.8. The van der Waals surface area contributed by atoms with Crippen LogP contribution in [0.15, 0.2) is 24.3 Å². The lowest BCUT2D eigenvalue weighted by Crippen LogP contribution is -2.08. The van der Waals surface area contributed by atoms with Crippen molar-refractivity contribution in [2.24, 2.45) is 0 Å². The van der Waals surface area contributed by atoms with E-state index >= 15 is 0 Å². The Kier molecular flexibility index (Phi) is 5.15. The van der Waals surface area contributed by atoms with Crippen molar-refractivity contribution in [3.63, 3.8) is 0 Å². The van der Waals surface area contributed by atoms with E-state index in [1.165, 1.54) is 6.08 Å². The molecule has 0 bridgehead atoms. The molecule has 0 spiro atoms. The molecule has 1 fully saturated rings. The summed E-state index contributed by atoms with van der Waals surface area (Å²) in [4.78, 5) is 11.0. The summed E-state index contributed by atoms with van der Waals surface area (Å²) in [6.45, 7) is 7.31. The van der Waals surface area contributed by atoms with Crippen molar-refractivity contribution in [2.45, 2.75) is 39.4 Å². The third-order valence-corrected chi connectivity index (χ3v) is 3.61. The van der Waals surface area contributed by atoms with Gasteiger partial charge in [-0.25, -0.2) is 4.79 Å². The summed E-state index contributed by atoms with van der Waals surface area (Å²) < 4.78 is 11.0. The van der Waals surface area contributed by atoms with E-state index in [2.05, 4.69) is 0 Å². The van der Waals surface area contributed by atoms with Gasteiger partial charge in [-0.05, 0) is 37.0 Å². The van der Waals surface area contributed by atoms with Gasteiger partial charge in [0, 0.05) is 6.08 Å². The van der Waals surface area contributed by atoms with Crippen LogP contribution < -0.4 is 0 Å². The number of ether oxygens (including phenoxy) is 2. The number of hydrogen-bond donors (Lipinski definition) is 1. The Morgan fingerprint density at radius 1 is 1.57 bits per heavy atom. The van der Waals surface area contributed by atoms with Crippen molar-refractivity contribution < 1.29 is 19.4 Å². The highest BCUT2D eigenvalue weighted by Gasteiger charge is 2.24. The first-order valence-corrected chi connectivity index (χ1v) is 7.29. The monoisotopic (exact) mass is 290 g/mol. The number of hydrogen-bond acceptors (Lipinski definition) is 3. The van der Waals surface area contributed by atoms with Crippen LogP contribution in [-0.2, 0) is 14.3 Å². The van der Waals surface area contributed by atoms with Gasteiger partial charge in [0.2, 0.25) is 0 Å². The third kappa shape index (κ3) is 4.41. The van der Waals surface area contributed by atoms with Gasteiger partial charge in [0.05, 0.1) is 19.3 Å². The SMILES string of the molecule is CC/C(=C\C(=O)O)c1cc(C)ccc1[C@@H](C)OC[C@H]1CO1. The van der Waals surface area contributed by atoms with Crippen LogP contribution in [-0.4, -0.2) is 30.4 Å². The van der Waals surface area contributed by atoms with Crippen LogP contribution in [0.2, 0.25) is 0 Å². The van der Waals surface area contributed by atoms with Gasteiger partial charge < -0.3 is 14.6 Å². The average molecular weight is 290 g/mol. The summed E-state index contributed by atoms with van der Waals surface area (Å²) in [5.74, 6) is -0.917. The quantitative estimate of drug-likeness (QED) is 0.618. The highest BCUT2D eigenvalue weighted by molar-refractivity contribution is 5.90. The van der Waals surface area contributed by atoms with Crippen molar-refractivity contribution in [1.29, 1.82) is 0 Å². The number of carboxylic acid groups (broad SMARTS) is 1. The average Bonchev–Trinajstić information content (AvgIpc) is 3.26. The van der Waals surface area contributed by atoms with E-state index in [1.54, 1.807) is 0 Å². The minimum absolute atomic E-state index is 0.0893. The van der Waals surface area contributed by atoms with E-state index < -0.39 is 5.97 Å². The van der Waals surface area contributed by atoms with Crippen LogP contribution in [0.25, 0.3) is 5.57 Å². The molecule has 2 atom stereocenters. The van der Waals surface area contributed by atoms with Crippen molar-refractivity contribution in [3.8, 4) is 0 Å². The summed E-state index contributed by atoms with van der Waals surface area (Å²) >= 11 is 0. The van der Waals surface area contributed by atoms with Gasteiger partial charge in [-0.3, -0.25) is 0 Å². The molecule has 114 valence electrons. The summed E-state index contributed by atoms with van der Waals surface area (Å²) in [5.41, 5.74) is 3.91. The number of aryl methyl sites for hydroxylation is 1. The maximum atomic E-state index is 11.0. The van der Waals surface area contributed by atoms with Crippen LogP contribution in [0.1, 0.15) is 43.1 Å². The van der Waals surface area contributed by atoms with Gasteiger partial charge >= 0.3 is 5.97 Å². The smallest absolute Gasteiger partial charge is 0.328 e. The minimum Gasteiger partial charge on any atom is -0.478 e. The molecule has 1 saturated heterocycles. The molecule has 2 rings (SSSR count). The summed E-state index contributed by atoms with van der Waals surface area (Å²) in [6, 6.07) is 6.08. The Labute approximate surface area is 125 Å². The van der Waals surface area contributed by atoms with Crippen molar-refractivity contribution in [2.75, 3.05) is 13.2 Å². The van der Waals surface area contributed by atoms with Gasteiger partial charge in [0.15, 0.2) is 0 Å². The van der Waals surface area contributed by atoms with Crippen molar-refractivity contribution in [1.82, 2.24) is 0 Å². The first kappa shape index (κ1) is 15.7. The van der Waals surface area contributed by atoms with Gasteiger partial charge in [-0.2, -0.15) is 0 Å². The molecular weight excluding hydrogens is 268 g/mol. The molecule has 0 unspecified atom stereocenters. The highest BCUT2D eigenvalue weighted by Crippen LogP contribution is 2.30. The number of aliphatic carboxylic acids is 1. The second-order valence-electron chi connectivity index (χ2n) is 5.38. The number of allylic oxidation sites excluding steroid dienone is 1. The largest absolute Gasteiger partial charge is 0.478 e. The molecule has 1 aromatic carbocycles. The lowest BCUT2D eigenvalue weighted by Gasteiger charge is -2.19. The molecule has 4 nitrogen and oxygen atoms in total. The Morgan fingerprint density at radius 3 is 2.86 bits per heavy atom. The van der Waals surface area contributed by atoms with Crippen LogP contribution >= 0.6 is 0 Å². The van der Waals surface area contributed by atoms with Crippen LogP contribution in [0.3, 0.4) is 0 Å². The normalized spacial score (nSPS) is 19.4. The van der Waals surface area contributed by atoms with Crippen LogP contribution in [0.4, 0.5) is 0 Å². The lowest BCUT2D eigenvalue weighted by molar-refractivity contribution is -0.131. The molecule has 1 aliphatic rings. The van der Waals surface area contributed by atoms with Gasteiger partial charge in [-0.1, -0.05) is 30.7 Å². The van der Waals surface area contributed by atoms with Crippen LogP contribution in [0.5, 0.6) is 0 Å². The first-order chi connectivity index (χ1) is 10.0. The number of carbonyl (C=O) groups is 1. The molecule has 1 N–H and O–H groups in total. The van der Waals surface area contributed by atoms with Crippen LogP contribution in [0, 0.1) is 6.92 Å². The maximum Gasteiger partial charge on any atom is 0.328 e. The molecule has 1 aromatic rings. The van der Waals surface area contributed by atoms with E-state index in [0.717, 1.165) is 28.9 Å². The molecule has 1 aliphatic heterocycles. The maximum absolute atomic E-state index is 11.0. The topological polar surface area (TPSA) is 59.1 Å². The van der Waals surface area contributed by atoms with Gasteiger partial charge in [0.1, 0.15) is 6.10 Å². The molecule has 0 amide bonds. The fourth-order valence-corrected chi connectivity index (χ4v) is 2.33. The Morgan fingerprint density at radius 2 is 2.29 bits per heavy atom. The van der Waals surface area contributed by atoms with E-state index in [9.17, 15) is 4.79 Å². The minimum atomic E-state index is -0.917. The fraction of sp³-hybridized carbons (Fsp3) is 0.471. The number of benzene rings is 1. The second kappa shape index (κ2) is 6.87. The molecule has 0 radical (unpaired) electrons. The van der Waals surface area contributed by atoms with Gasteiger partial charge in [-0.15, -0.1) is 0 Å². The van der Waals surface area contributed by atoms with Crippen molar-refractivity contribution >= 4 is 11.5 Å². The lowest BCUT2D eigenvalue weighted by atomic mass is 9.93. The zero-order valence-electron chi connectivity index (χ0n) is 12.8. The van der Waals surface area contributed by atoms with E-state index in [1.807, 2.05) is 39.0 Å². The Hall–Kier alpha value is -1.65. The van der Waals surface area contributed by atoms with Gasteiger partial charge in [0.25, 0.3) is 0 Å². The molecule has 0 aromatic heterocycles. The zero-order chi connectivity index (χ0) is 15.4. The van der Waals surface area contributed by atoms with Crippen molar-refractivity contribution in [3.05, 3.63) is 41.0 Å². The fourth-order valence-electron chi connectivity index (χ4n) is 2.33. The summed E-state index contributed by atoms with van der Waals surface area (Å²) in [6.07, 6.45) is 2.09. The van der Waals surface area contributed by atoms with E-state index in [-0.39, 0.29) is 12.2 Å². The summed E-state index contributed by atoms with van der Waals surface area (Å²) in [7, 11) is 0. The Bertz CT molecular complexity index is 544. The third-order valence-electron chi connectivity index (χ3n) is 3.61. The molecule has 21 heavy (non-hydrogen) atoms. The standard InChI is InChI=1S/C17H22O4/c1-4-13(8-17(18)19)16-7-11(2)5-6-15(16)12(3)20-9-14-10-21-14/h5-8,12,14H,4,9-10H2,1-3H3,(H,18,19)/b13-8+/t12-,14+/m1/s1. The first-order valence-electron chi connectivity index (χ1n) is 7.29. The van der Waals surface area contributed by atoms with E-state index in [4.69, 9.17) is 14.6 Å². The molecule has 4 heteroatoms.